The number of rotatable bonds is 11. The first-order valence-corrected chi connectivity index (χ1v) is 15.2. The number of nitrogens with zero attached hydrogens (tertiary/aromatic N) is 3. The molecule has 0 saturated carbocycles. The number of ether oxygens (including phenoxy) is 3. The molecular weight excluding hydrogens is 640 g/mol. The van der Waals surface area contributed by atoms with E-state index in [0.29, 0.717) is 55.7 Å². The van der Waals surface area contributed by atoms with Gasteiger partial charge < -0.3 is 19.5 Å². The number of carbonyl (C=O) groups is 1. The summed E-state index contributed by atoms with van der Waals surface area (Å²) in [7, 11) is 1.58. The number of methoxy groups -OCH3 is 1. The van der Waals surface area contributed by atoms with Crippen molar-refractivity contribution in [1.29, 1.82) is 0 Å². The Morgan fingerprint density at radius 3 is 2.69 bits per heavy atom. The molecular formula is C31H28BrClN4O4S. The van der Waals surface area contributed by atoms with Gasteiger partial charge in [-0.25, -0.2) is 9.48 Å². The van der Waals surface area contributed by atoms with Crippen LogP contribution in [0.2, 0.25) is 5.02 Å². The first-order valence-electron chi connectivity index (χ1n) is 13.0. The molecule has 0 fully saturated rings. The van der Waals surface area contributed by atoms with Gasteiger partial charge in [0.05, 0.1) is 17.2 Å². The van der Waals surface area contributed by atoms with E-state index in [4.69, 9.17) is 35.9 Å². The van der Waals surface area contributed by atoms with Crippen molar-refractivity contribution < 1.29 is 19.0 Å². The Kier molecular flexibility index (Phi) is 9.56. The van der Waals surface area contributed by atoms with Gasteiger partial charge in [-0.3, -0.25) is 0 Å². The van der Waals surface area contributed by atoms with E-state index >= 15 is 0 Å². The van der Waals surface area contributed by atoms with Crippen LogP contribution in [-0.4, -0.2) is 34.5 Å². The lowest BCUT2D eigenvalue weighted by molar-refractivity contribution is -0.138. The average molecular weight is 668 g/mol. The van der Waals surface area contributed by atoms with Crippen molar-refractivity contribution in [2.45, 2.75) is 30.5 Å². The second-order valence-electron chi connectivity index (χ2n) is 9.30. The largest absolute Gasteiger partial charge is 0.493 e. The predicted octanol–water partition coefficient (Wildman–Crippen LogP) is 7.59. The Morgan fingerprint density at radius 1 is 1.19 bits per heavy atom. The van der Waals surface area contributed by atoms with Crippen LogP contribution >= 0.6 is 39.3 Å². The highest BCUT2D eigenvalue weighted by molar-refractivity contribution is 9.10. The predicted molar refractivity (Wildman–Crippen MR) is 168 cm³/mol. The SMILES string of the molecule is C=CCOC(=O)C1=C(C)Nc2nc(SCc3ccccc3Cl)nn2C1c1cc(Br)c(OCc2ccccc2)c(OC)c1. The molecule has 1 atom stereocenters. The van der Waals surface area contributed by atoms with Crippen molar-refractivity contribution in [1.82, 2.24) is 14.8 Å². The van der Waals surface area contributed by atoms with E-state index in [1.807, 2.05) is 73.7 Å². The van der Waals surface area contributed by atoms with E-state index in [1.54, 1.807) is 11.8 Å². The molecule has 11 heteroatoms. The molecule has 0 bridgehead atoms. The van der Waals surface area contributed by atoms with Crippen molar-refractivity contribution in [2.75, 3.05) is 19.0 Å². The number of fused-ring (bicyclic) bond motifs is 1. The van der Waals surface area contributed by atoms with E-state index in [-0.39, 0.29) is 6.61 Å². The van der Waals surface area contributed by atoms with Gasteiger partial charge in [-0.15, -0.1) is 5.10 Å². The average Bonchev–Trinajstić information content (AvgIpc) is 3.40. The quantitative estimate of drug-likeness (QED) is 0.0995. The van der Waals surface area contributed by atoms with E-state index in [9.17, 15) is 4.79 Å². The van der Waals surface area contributed by atoms with Gasteiger partial charge in [0.25, 0.3) is 0 Å². The van der Waals surface area contributed by atoms with Crippen LogP contribution < -0.4 is 14.8 Å². The standard InChI is InChI=1S/C31H28BrClN4O4S/c1-4-14-40-29(38)26-19(2)34-30-35-31(42-18-21-12-8-9-13-24(21)33)36-37(30)27(26)22-15-23(32)28(25(16-22)39-3)41-17-20-10-6-5-7-11-20/h4-13,15-16,27H,1,14,17-18H2,2-3H3,(H,34,35,36). The van der Waals surface area contributed by atoms with Crippen LogP contribution in [0.3, 0.4) is 0 Å². The van der Waals surface area contributed by atoms with Gasteiger partial charge in [-0.1, -0.05) is 84.5 Å². The minimum absolute atomic E-state index is 0.0742. The summed E-state index contributed by atoms with van der Waals surface area (Å²) in [6, 6.07) is 20.6. The van der Waals surface area contributed by atoms with Gasteiger partial charge in [0.15, 0.2) is 11.5 Å². The molecule has 1 aliphatic heterocycles. The summed E-state index contributed by atoms with van der Waals surface area (Å²) >= 11 is 11.5. The molecule has 3 aromatic carbocycles. The maximum absolute atomic E-state index is 13.4. The van der Waals surface area contributed by atoms with Crippen LogP contribution in [0.25, 0.3) is 0 Å². The smallest absolute Gasteiger partial charge is 0.338 e. The van der Waals surface area contributed by atoms with E-state index in [0.717, 1.165) is 16.7 Å². The summed E-state index contributed by atoms with van der Waals surface area (Å²) in [6.07, 6.45) is 1.53. The third-order valence-electron chi connectivity index (χ3n) is 6.49. The Hall–Kier alpha value is -3.73. The fraction of sp³-hybridized carbons (Fsp3) is 0.194. The number of thioether (sulfide) groups is 1. The Bertz CT molecular complexity index is 1640. The highest BCUT2D eigenvalue weighted by Gasteiger charge is 2.36. The number of allylic oxidation sites excluding steroid dienone is 1. The Balaban J connectivity index is 1.52. The van der Waals surface area contributed by atoms with Gasteiger partial charge in [-0.05, 0) is 57.7 Å². The number of esters is 1. The summed E-state index contributed by atoms with van der Waals surface area (Å²) in [6.45, 7) is 5.91. The fourth-order valence-corrected chi connectivity index (χ4v) is 6.19. The van der Waals surface area contributed by atoms with Gasteiger partial charge in [0.1, 0.15) is 19.3 Å². The van der Waals surface area contributed by atoms with Crippen LogP contribution in [0.15, 0.2) is 100 Å². The highest BCUT2D eigenvalue weighted by Crippen LogP contribution is 2.43. The summed E-state index contributed by atoms with van der Waals surface area (Å²) in [5, 5.41) is 9.24. The van der Waals surface area contributed by atoms with E-state index in [1.165, 1.54) is 17.8 Å². The number of carbonyl (C=O) groups excluding carboxylic acids is 1. The maximum atomic E-state index is 13.4. The zero-order valence-electron chi connectivity index (χ0n) is 23.0. The van der Waals surface area contributed by atoms with Crippen LogP contribution in [0.1, 0.15) is 29.7 Å². The zero-order valence-corrected chi connectivity index (χ0v) is 26.1. The number of halogens is 2. The number of hydrogen-bond donors (Lipinski definition) is 1. The topological polar surface area (TPSA) is 87.5 Å². The molecule has 42 heavy (non-hydrogen) atoms. The second kappa shape index (κ2) is 13.5. The van der Waals surface area contributed by atoms with Gasteiger partial charge in [-0.2, -0.15) is 4.98 Å². The Labute approximate surface area is 261 Å². The molecule has 1 N–H and O–H groups in total. The molecule has 5 rings (SSSR count). The molecule has 0 spiro atoms. The first-order chi connectivity index (χ1) is 20.4. The van der Waals surface area contributed by atoms with Crippen LogP contribution in [0.5, 0.6) is 11.5 Å². The summed E-state index contributed by atoms with van der Waals surface area (Å²) in [4.78, 5) is 18.1. The minimum atomic E-state index is -0.658. The summed E-state index contributed by atoms with van der Waals surface area (Å²) in [5.41, 5.74) is 3.73. The molecule has 8 nitrogen and oxygen atoms in total. The minimum Gasteiger partial charge on any atom is -0.493 e. The molecule has 2 heterocycles. The maximum Gasteiger partial charge on any atom is 0.338 e. The lowest BCUT2D eigenvalue weighted by Gasteiger charge is -2.28. The number of anilines is 1. The number of benzene rings is 3. The molecule has 4 aromatic rings. The van der Waals surface area contributed by atoms with Crippen LogP contribution in [-0.2, 0) is 21.9 Å². The Morgan fingerprint density at radius 2 is 1.95 bits per heavy atom. The van der Waals surface area contributed by atoms with Crippen LogP contribution in [0, 0.1) is 0 Å². The molecule has 0 saturated heterocycles. The molecule has 0 amide bonds. The third-order valence-corrected chi connectivity index (χ3v) is 8.34. The second-order valence-corrected chi connectivity index (χ2v) is 11.5. The molecule has 216 valence electrons. The highest BCUT2D eigenvalue weighted by atomic mass is 79.9. The monoisotopic (exact) mass is 666 g/mol. The lowest BCUT2D eigenvalue weighted by Crippen LogP contribution is -2.29. The molecule has 0 aliphatic carbocycles. The molecule has 0 radical (unpaired) electrons. The molecule has 1 aromatic heterocycles. The van der Waals surface area contributed by atoms with Crippen molar-refractivity contribution in [3.05, 3.63) is 117 Å². The lowest BCUT2D eigenvalue weighted by atomic mass is 9.95. The van der Waals surface area contributed by atoms with Crippen molar-refractivity contribution in [3.8, 4) is 11.5 Å². The number of hydrogen-bond acceptors (Lipinski definition) is 8. The summed E-state index contributed by atoms with van der Waals surface area (Å²) in [5.74, 6) is 1.64. The first kappa shape index (κ1) is 29.8. The zero-order chi connectivity index (χ0) is 29.6. The van der Waals surface area contributed by atoms with E-state index in [2.05, 4.69) is 27.8 Å². The molecule has 1 unspecified atom stereocenters. The number of aromatic nitrogens is 3. The molecule has 1 aliphatic rings. The van der Waals surface area contributed by atoms with Gasteiger partial charge >= 0.3 is 5.97 Å². The number of nitrogens with one attached hydrogen (secondary N) is 1. The third kappa shape index (κ3) is 6.51. The summed E-state index contributed by atoms with van der Waals surface area (Å²) < 4.78 is 19.7. The van der Waals surface area contributed by atoms with Crippen molar-refractivity contribution in [3.63, 3.8) is 0 Å². The van der Waals surface area contributed by atoms with Gasteiger partial charge in [0.2, 0.25) is 11.1 Å². The van der Waals surface area contributed by atoms with E-state index < -0.39 is 12.0 Å². The fourth-order valence-electron chi connectivity index (χ4n) is 4.50. The normalized spacial score (nSPS) is 14.1. The van der Waals surface area contributed by atoms with Gasteiger partial charge in [0, 0.05) is 16.5 Å². The van der Waals surface area contributed by atoms with Crippen molar-refractivity contribution in [2.24, 2.45) is 0 Å². The van der Waals surface area contributed by atoms with Crippen LogP contribution in [0.4, 0.5) is 5.95 Å². The van der Waals surface area contributed by atoms with Crippen molar-refractivity contribution >= 4 is 51.2 Å².